The maximum atomic E-state index is 11.9. The van der Waals surface area contributed by atoms with Gasteiger partial charge in [0.05, 0.1) is 26.4 Å². The van der Waals surface area contributed by atoms with Crippen LogP contribution in [0.2, 0.25) is 0 Å². The van der Waals surface area contributed by atoms with Crippen molar-refractivity contribution in [1.82, 2.24) is 0 Å². The Bertz CT molecular complexity index is 1670. The lowest BCUT2D eigenvalue weighted by molar-refractivity contribution is -0.387. The number of fused-ring (bicyclic) bond motifs is 1. The first-order valence-electron chi connectivity index (χ1n) is 18.0. The summed E-state index contributed by atoms with van der Waals surface area (Å²) < 4.78 is 49.9. The van der Waals surface area contributed by atoms with Crippen molar-refractivity contribution in [3.63, 3.8) is 0 Å². The number of hydrogen-bond donors (Lipinski definition) is 13. The molecule has 0 amide bonds. The zero-order chi connectivity index (χ0) is 41.5. The second-order valence-electron chi connectivity index (χ2n) is 14.1. The third-order valence-corrected chi connectivity index (χ3v) is 10.4. The maximum absolute atomic E-state index is 11.9. The average molecular weight is 825 g/mol. The van der Waals surface area contributed by atoms with Crippen molar-refractivity contribution in [1.29, 1.82) is 0 Å². The molecule has 0 unspecified atom stereocenters. The molecule has 23 nitrogen and oxygen atoms in total. The summed E-state index contributed by atoms with van der Waals surface area (Å²) in [4.78, 5) is 11.9. The van der Waals surface area contributed by atoms with Crippen molar-refractivity contribution >= 4 is 11.0 Å². The smallest absolute Gasteiger partial charge is 0.336 e. The molecular formula is C34H48O23. The highest BCUT2D eigenvalue weighted by molar-refractivity contribution is 5.81. The lowest BCUT2D eigenvalue weighted by Gasteiger charge is -2.49. The monoisotopic (exact) mass is 824 g/mol. The molecule has 1 aromatic carbocycles. The number of aliphatic hydroxyl groups excluding tert-OH is 13. The van der Waals surface area contributed by atoms with E-state index in [4.69, 9.17) is 42.3 Å². The van der Waals surface area contributed by atoms with Gasteiger partial charge >= 0.3 is 5.63 Å². The van der Waals surface area contributed by atoms with Crippen molar-refractivity contribution in [2.45, 2.75) is 130 Å². The van der Waals surface area contributed by atoms with Crippen LogP contribution in [0.25, 0.3) is 11.0 Å². The van der Waals surface area contributed by atoms with Gasteiger partial charge in [-0.25, -0.2) is 4.79 Å². The van der Waals surface area contributed by atoms with Crippen LogP contribution in [0.15, 0.2) is 33.5 Å². The topological polar surface area (TPSA) is 367 Å². The molecule has 4 fully saturated rings. The highest BCUT2D eigenvalue weighted by Gasteiger charge is 2.55. The summed E-state index contributed by atoms with van der Waals surface area (Å²) in [7, 11) is 0. The molecule has 13 N–H and O–H groups in total. The number of hydrogen-bond acceptors (Lipinski definition) is 23. The average Bonchev–Trinajstić information content (AvgIpc) is 3.19. The fraction of sp³-hybridized carbons (Fsp3) is 0.735. The Kier molecular flexibility index (Phi) is 14.2. The molecule has 4 aliphatic rings. The standard InChI is InChI=1S/C34H48O23/c1-10-4-18(39)50-13-5-11(2-3-12(10)13)49-31-25(46)21(42)28(15(7-36)52-31)56-33-27(48)23(44)30(17(9-38)54-33)57-34-26(47)22(43)29(16(8-37)53-34)55-32-24(45)20(41)19(40)14(6-35)51-32/h2-5,14-17,19-38,40-48H,6-9H2,1H3/t14-,15-,16-,17-,19-,20+,21-,22-,23-,24-,25-,26-,27-,28-,29-,30-,31-,32+,33+,34+/m1/s1. The van der Waals surface area contributed by atoms with Gasteiger partial charge in [-0.05, 0) is 24.6 Å². The van der Waals surface area contributed by atoms with Gasteiger partial charge in [-0.15, -0.1) is 0 Å². The van der Waals surface area contributed by atoms with Crippen LogP contribution in [0.4, 0.5) is 0 Å². The first-order chi connectivity index (χ1) is 27.1. The van der Waals surface area contributed by atoms with Crippen LogP contribution < -0.4 is 10.4 Å². The molecule has 0 spiro atoms. The van der Waals surface area contributed by atoms with Crippen molar-refractivity contribution < 1.29 is 109 Å². The minimum absolute atomic E-state index is 0.0660. The van der Waals surface area contributed by atoms with Crippen LogP contribution in [0.5, 0.6) is 5.75 Å². The molecule has 0 saturated carbocycles. The van der Waals surface area contributed by atoms with Crippen LogP contribution in [0.3, 0.4) is 0 Å². The molecule has 20 atom stereocenters. The molecule has 0 radical (unpaired) electrons. The fourth-order valence-electron chi connectivity index (χ4n) is 7.14. The molecule has 1 aromatic heterocycles. The lowest BCUT2D eigenvalue weighted by Crippen LogP contribution is -2.67. The molecule has 4 aliphatic heterocycles. The Morgan fingerprint density at radius 2 is 0.912 bits per heavy atom. The van der Waals surface area contributed by atoms with Gasteiger partial charge < -0.3 is 109 Å². The van der Waals surface area contributed by atoms with Gasteiger partial charge in [-0.3, -0.25) is 0 Å². The van der Waals surface area contributed by atoms with E-state index in [-0.39, 0.29) is 11.3 Å². The summed E-state index contributed by atoms with van der Waals surface area (Å²) in [6.07, 6.45) is -35.5. The van der Waals surface area contributed by atoms with E-state index in [1.807, 2.05) is 0 Å². The quantitative estimate of drug-likeness (QED) is 0.0884. The van der Waals surface area contributed by atoms with E-state index >= 15 is 0 Å². The van der Waals surface area contributed by atoms with Crippen molar-refractivity contribution in [2.75, 3.05) is 26.4 Å². The van der Waals surface area contributed by atoms with Crippen molar-refractivity contribution in [3.8, 4) is 5.75 Å². The van der Waals surface area contributed by atoms with E-state index in [2.05, 4.69) is 0 Å². The molecule has 4 saturated heterocycles. The van der Waals surface area contributed by atoms with Gasteiger partial charge in [-0.2, -0.15) is 0 Å². The van der Waals surface area contributed by atoms with E-state index in [9.17, 15) is 71.2 Å². The minimum atomic E-state index is -2.05. The molecule has 0 bridgehead atoms. The van der Waals surface area contributed by atoms with Gasteiger partial charge in [0, 0.05) is 17.5 Å². The van der Waals surface area contributed by atoms with E-state index in [1.165, 1.54) is 18.2 Å². The second-order valence-corrected chi connectivity index (χ2v) is 14.1. The molecule has 57 heavy (non-hydrogen) atoms. The molecule has 0 aliphatic carbocycles. The number of ether oxygens (including phenoxy) is 8. The van der Waals surface area contributed by atoms with Gasteiger partial charge in [0.2, 0.25) is 6.29 Å². The highest BCUT2D eigenvalue weighted by Crippen LogP contribution is 2.35. The van der Waals surface area contributed by atoms with E-state index in [0.717, 1.165) is 0 Å². The highest BCUT2D eigenvalue weighted by atomic mass is 16.8. The Morgan fingerprint density at radius 3 is 1.37 bits per heavy atom. The normalized spacial score (nSPS) is 44.2. The van der Waals surface area contributed by atoms with Gasteiger partial charge in [-0.1, -0.05) is 0 Å². The molecule has 6 rings (SSSR count). The van der Waals surface area contributed by atoms with E-state index in [0.29, 0.717) is 10.9 Å². The molecule has 23 heteroatoms. The van der Waals surface area contributed by atoms with Crippen molar-refractivity contribution in [3.05, 3.63) is 40.2 Å². The maximum Gasteiger partial charge on any atom is 0.336 e. The van der Waals surface area contributed by atoms with Crippen molar-refractivity contribution in [2.24, 2.45) is 0 Å². The summed E-state index contributed by atoms with van der Waals surface area (Å²) in [5.41, 5.74) is 0.206. The zero-order valence-corrected chi connectivity index (χ0v) is 30.1. The third-order valence-electron chi connectivity index (χ3n) is 10.4. The van der Waals surface area contributed by atoms with Crippen LogP contribution in [-0.2, 0) is 33.2 Å². The van der Waals surface area contributed by atoms with E-state index < -0.39 is 155 Å². The number of benzene rings is 1. The molecular weight excluding hydrogens is 776 g/mol. The summed E-state index contributed by atoms with van der Waals surface area (Å²) >= 11 is 0. The summed E-state index contributed by atoms with van der Waals surface area (Å²) in [6.45, 7) is -1.75. The van der Waals surface area contributed by atoms with Crippen LogP contribution in [0, 0.1) is 6.92 Å². The Balaban J connectivity index is 1.09. The second kappa shape index (κ2) is 18.4. The largest absolute Gasteiger partial charge is 0.462 e. The Hall–Kier alpha value is -2.57. The van der Waals surface area contributed by atoms with Gasteiger partial charge in [0.25, 0.3) is 0 Å². The third kappa shape index (κ3) is 8.84. The zero-order valence-electron chi connectivity index (χ0n) is 30.1. The van der Waals surface area contributed by atoms with Gasteiger partial charge in [0.15, 0.2) is 18.9 Å². The first-order valence-corrected chi connectivity index (χ1v) is 18.0. The van der Waals surface area contributed by atoms with Crippen LogP contribution >= 0.6 is 0 Å². The Labute approximate surface area is 321 Å². The minimum Gasteiger partial charge on any atom is -0.462 e. The molecule has 5 heterocycles. The number of rotatable bonds is 12. The Morgan fingerprint density at radius 1 is 0.509 bits per heavy atom. The predicted octanol–water partition coefficient (Wildman–Crippen LogP) is -7.25. The molecule has 322 valence electrons. The summed E-state index contributed by atoms with van der Waals surface area (Å²) in [6, 6.07) is 5.76. The summed E-state index contributed by atoms with van der Waals surface area (Å²) in [5, 5.41) is 137. The SMILES string of the molecule is Cc1cc(=O)oc2cc(O[C@@H]3O[C@H](CO)[C@@H](O[C@@H]4O[C@H](CO)[C@@H](O[C@@H]5O[C@H](CO)[C@@H](O[C@@H]6O[C@H](CO)[C@@H](O)[C@H](O)[C@H]6O)[C@H](O)[C@H]5O)[C@H](O)[C@H]4O)[C@H](O)[C@H]3O)ccc12. The van der Waals surface area contributed by atoms with Crippen LogP contribution in [0.1, 0.15) is 5.56 Å². The fourth-order valence-corrected chi connectivity index (χ4v) is 7.14. The predicted molar refractivity (Wildman–Crippen MR) is 180 cm³/mol. The number of aryl methyl sites for hydroxylation is 1. The molecule has 2 aromatic rings. The van der Waals surface area contributed by atoms with Gasteiger partial charge in [0.1, 0.15) is 109 Å². The number of aliphatic hydroxyl groups is 13. The lowest BCUT2D eigenvalue weighted by atomic mass is 9.95. The first kappa shape index (κ1) is 44.0. The van der Waals surface area contributed by atoms with Crippen LogP contribution in [-0.4, -0.2) is 216 Å². The van der Waals surface area contributed by atoms with E-state index in [1.54, 1.807) is 13.0 Å². The summed E-state index contributed by atoms with van der Waals surface area (Å²) in [5.74, 6) is 0.0660.